The molecule has 0 unspecified atom stereocenters. The number of halogens is 3. The van der Waals surface area contributed by atoms with Crippen LogP contribution in [0.25, 0.3) is 11.3 Å². The normalized spacial score (nSPS) is 10.6. The molecule has 0 aliphatic heterocycles. The lowest BCUT2D eigenvalue weighted by molar-refractivity contribution is 0.102. The standard InChI is InChI=1S/C16H9F3N2OS/c17-11-4-2-1-3-10(11)15(22)21-16-20-14(8-23-16)9-5-6-12(18)13(19)7-9/h1-8H,(H,20,21,22). The van der Waals surface area contributed by atoms with Gasteiger partial charge in [-0.05, 0) is 30.3 Å². The molecule has 23 heavy (non-hydrogen) atoms. The molecule has 0 radical (unpaired) electrons. The summed E-state index contributed by atoms with van der Waals surface area (Å²) in [4.78, 5) is 16.1. The fourth-order valence-electron chi connectivity index (χ4n) is 1.93. The number of anilines is 1. The highest BCUT2D eigenvalue weighted by Crippen LogP contribution is 2.26. The van der Waals surface area contributed by atoms with Gasteiger partial charge in [0.1, 0.15) is 5.82 Å². The van der Waals surface area contributed by atoms with Gasteiger partial charge in [-0.3, -0.25) is 10.1 Å². The van der Waals surface area contributed by atoms with E-state index >= 15 is 0 Å². The zero-order chi connectivity index (χ0) is 16.4. The van der Waals surface area contributed by atoms with E-state index in [1.807, 2.05) is 0 Å². The van der Waals surface area contributed by atoms with E-state index in [0.717, 1.165) is 23.5 Å². The Morgan fingerprint density at radius 1 is 1.00 bits per heavy atom. The molecular formula is C16H9F3N2OS. The zero-order valence-corrected chi connectivity index (χ0v) is 12.3. The van der Waals surface area contributed by atoms with Crippen molar-refractivity contribution in [2.24, 2.45) is 0 Å². The van der Waals surface area contributed by atoms with Gasteiger partial charge in [0.05, 0.1) is 11.3 Å². The largest absolute Gasteiger partial charge is 0.298 e. The first-order valence-electron chi connectivity index (χ1n) is 6.51. The minimum absolute atomic E-state index is 0.0999. The minimum Gasteiger partial charge on any atom is -0.298 e. The Labute approximate surface area is 133 Å². The van der Waals surface area contributed by atoms with Gasteiger partial charge < -0.3 is 0 Å². The summed E-state index contributed by atoms with van der Waals surface area (Å²) >= 11 is 1.10. The maximum Gasteiger partial charge on any atom is 0.260 e. The summed E-state index contributed by atoms with van der Waals surface area (Å²) in [7, 11) is 0. The molecule has 3 rings (SSSR count). The first-order chi connectivity index (χ1) is 11.0. The van der Waals surface area contributed by atoms with E-state index < -0.39 is 23.4 Å². The van der Waals surface area contributed by atoms with Gasteiger partial charge in [-0.1, -0.05) is 12.1 Å². The molecule has 0 atom stereocenters. The van der Waals surface area contributed by atoms with Crippen molar-refractivity contribution in [2.45, 2.75) is 0 Å². The van der Waals surface area contributed by atoms with Crippen LogP contribution in [0.15, 0.2) is 47.8 Å². The number of nitrogens with zero attached hydrogens (tertiary/aromatic N) is 1. The van der Waals surface area contributed by atoms with Crippen molar-refractivity contribution in [3.63, 3.8) is 0 Å². The molecule has 3 aromatic rings. The van der Waals surface area contributed by atoms with Crippen molar-refractivity contribution in [1.82, 2.24) is 4.98 Å². The molecule has 1 heterocycles. The van der Waals surface area contributed by atoms with E-state index in [1.165, 1.54) is 24.3 Å². The number of amides is 1. The molecule has 0 bridgehead atoms. The molecule has 2 aromatic carbocycles. The lowest BCUT2D eigenvalue weighted by Crippen LogP contribution is -2.13. The number of benzene rings is 2. The van der Waals surface area contributed by atoms with Crippen LogP contribution < -0.4 is 5.32 Å². The molecule has 0 aliphatic carbocycles. The molecule has 1 N–H and O–H groups in total. The molecule has 0 aliphatic rings. The molecule has 3 nitrogen and oxygen atoms in total. The van der Waals surface area contributed by atoms with Gasteiger partial charge in [0, 0.05) is 10.9 Å². The Morgan fingerprint density at radius 2 is 1.78 bits per heavy atom. The van der Waals surface area contributed by atoms with E-state index in [9.17, 15) is 18.0 Å². The second-order valence-electron chi connectivity index (χ2n) is 4.60. The first kappa shape index (κ1) is 15.2. The van der Waals surface area contributed by atoms with E-state index in [4.69, 9.17) is 0 Å². The Bertz CT molecular complexity index is 879. The van der Waals surface area contributed by atoms with Crippen LogP contribution in [0.5, 0.6) is 0 Å². The fourth-order valence-corrected chi connectivity index (χ4v) is 2.64. The summed E-state index contributed by atoms with van der Waals surface area (Å²) in [6.07, 6.45) is 0. The van der Waals surface area contributed by atoms with E-state index in [2.05, 4.69) is 10.3 Å². The zero-order valence-electron chi connectivity index (χ0n) is 11.5. The summed E-state index contributed by atoms with van der Waals surface area (Å²) in [6, 6.07) is 8.98. The van der Waals surface area contributed by atoms with Crippen LogP contribution in [0.1, 0.15) is 10.4 Å². The number of hydrogen-bond acceptors (Lipinski definition) is 3. The van der Waals surface area contributed by atoms with Gasteiger partial charge in [0.15, 0.2) is 16.8 Å². The predicted octanol–water partition coefficient (Wildman–Crippen LogP) is 4.48. The molecule has 0 spiro atoms. The molecule has 116 valence electrons. The number of thiazole rings is 1. The minimum atomic E-state index is -0.979. The Kier molecular flexibility index (Phi) is 4.12. The molecule has 0 saturated heterocycles. The summed E-state index contributed by atoms with van der Waals surface area (Å²) in [5.74, 6) is -3.19. The van der Waals surface area contributed by atoms with Crippen LogP contribution in [-0.2, 0) is 0 Å². The third kappa shape index (κ3) is 3.24. The second kappa shape index (κ2) is 6.21. The van der Waals surface area contributed by atoms with E-state index in [0.29, 0.717) is 11.3 Å². The number of aromatic nitrogens is 1. The van der Waals surface area contributed by atoms with Crippen LogP contribution in [0.4, 0.5) is 18.3 Å². The smallest absolute Gasteiger partial charge is 0.260 e. The molecule has 0 saturated carbocycles. The molecule has 7 heteroatoms. The summed E-state index contributed by atoms with van der Waals surface area (Å²) in [5, 5.41) is 4.30. The first-order valence-corrected chi connectivity index (χ1v) is 7.39. The quantitative estimate of drug-likeness (QED) is 0.767. The fraction of sp³-hybridized carbons (Fsp3) is 0. The van der Waals surface area contributed by atoms with Crippen LogP contribution >= 0.6 is 11.3 Å². The maximum absolute atomic E-state index is 13.5. The highest BCUT2D eigenvalue weighted by Gasteiger charge is 2.14. The number of rotatable bonds is 3. The summed E-state index contributed by atoms with van der Waals surface area (Å²) in [6.45, 7) is 0. The number of nitrogens with one attached hydrogen (secondary N) is 1. The Hall–Kier alpha value is -2.67. The Balaban J connectivity index is 1.81. The van der Waals surface area contributed by atoms with Crippen LogP contribution in [0.3, 0.4) is 0 Å². The maximum atomic E-state index is 13.5. The topological polar surface area (TPSA) is 42.0 Å². The molecule has 0 fully saturated rings. The van der Waals surface area contributed by atoms with Crippen LogP contribution in [-0.4, -0.2) is 10.9 Å². The molecule has 1 amide bonds. The highest BCUT2D eigenvalue weighted by atomic mass is 32.1. The van der Waals surface area contributed by atoms with Crippen molar-refractivity contribution in [1.29, 1.82) is 0 Å². The number of carbonyl (C=O) groups is 1. The highest BCUT2D eigenvalue weighted by molar-refractivity contribution is 7.14. The number of carbonyl (C=O) groups excluding carboxylic acids is 1. The van der Waals surface area contributed by atoms with Gasteiger partial charge >= 0.3 is 0 Å². The van der Waals surface area contributed by atoms with Gasteiger partial charge in [-0.25, -0.2) is 18.2 Å². The van der Waals surface area contributed by atoms with Crippen molar-refractivity contribution < 1.29 is 18.0 Å². The lowest BCUT2D eigenvalue weighted by atomic mass is 10.2. The van der Waals surface area contributed by atoms with Crippen LogP contribution in [0.2, 0.25) is 0 Å². The second-order valence-corrected chi connectivity index (χ2v) is 5.46. The molecular weight excluding hydrogens is 325 g/mol. The van der Waals surface area contributed by atoms with Crippen LogP contribution in [0, 0.1) is 17.5 Å². The summed E-state index contributed by atoms with van der Waals surface area (Å²) in [5.41, 5.74) is 0.668. The Morgan fingerprint density at radius 3 is 2.52 bits per heavy atom. The summed E-state index contributed by atoms with van der Waals surface area (Å²) < 4.78 is 39.7. The van der Waals surface area contributed by atoms with Gasteiger partial charge in [-0.15, -0.1) is 11.3 Å². The SMILES string of the molecule is O=C(Nc1nc(-c2ccc(F)c(F)c2)cs1)c1ccccc1F. The monoisotopic (exact) mass is 334 g/mol. The van der Waals surface area contributed by atoms with Crippen molar-refractivity contribution in [3.05, 3.63) is 70.9 Å². The lowest BCUT2D eigenvalue weighted by Gasteiger charge is -2.02. The number of hydrogen-bond donors (Lipinski definition) is 1. The third-order valence-electron chi connectivity index (χ3n) is 3.06. The van der Waals surface area contributed by atoms with Crippen molar-refractivity contribution in [3.8, 4) is 11.3 Å². The van der Waals surface area contributed by atoms with Gasteiger partial charge in [0.2, 0.25) is 0 Å². The van der Waals surface area contributed by atoms with Gasteiger partial charge in [0.25, 0.3) is 5.91 Å². The average Bonchev–Trinajstić information content (AvgIpc) is 2.99. The molecule has 1 aromatic heterocycles. The van der Waals surface area contributed by atoms with E-state index in [1.54, 1.807) is 11.4 Å². The third-order valence-corrected chi connectivity index (χ3v) is 3.82. The van der Waals surface area contributed by atoms with Crippen molar-refractivity contribution >= 4 is 22.4 Å². The van der Waals surface area contributed by atoms with Crippen molar-refractivity contribution in [2.75, 3.05) is 5.32 Å². The van der Waals surface area contributed by atoms with E-state index in [-0.39, 0.29) is 10.7 Å². The predicted molar refractivity (Wildman–Crippen MR) is 81.8 cm³/mol. The van der Waals surface area contributed by atoms with Gasteiger partial charge in [-0.2, -0.15) is 0 Å². The average molecular weight is 334 g/mol.